The predicted octanol–water partition coefficient (Wildman–Crippen LogP) is 3.19. The number of hydrogen-bond donors (Lipinski definition) is 0. The Morgan fingerprint density at radius 2 is 1.76 bits per heavy atom. The van der Waals surface area contributed by atoms with Crippen LogP contribution in [0.25, 0.3) is 6.08 Å². The zero-order valence-electron chi connectivity index (χ0n) is 22.9. The summed E-state index contributed by atoms with van der Waals surface area (Å²) in [7, 11) is 7.13. The van der Waals surface area contributed by atoms with Crippen LogP contribution in [0.5, 0.6) is 11.5 Å². The molecule has 4 rings (SSSR count). The van der Waals surface area contributed by atoms with E-state index in [2.05, 4.69) is 0 Å². The third-order valence-electron chi connectivity index (χ3n) is 6.74. The highest BCUT2D eigenvalue weighted by molar-refractivity contribution is 7.07. The fraction of sp³-hybridized carbons (Fsp3) is 0.345. The number of likely N-dealkylation sites (N-methyl/N-ethyl adjacent to an activating group) is 1. The topological polar surface area (TPSA) is 76.4 Å². The maximum atomic E-state index is 14.0. The molecule has 0 N–H and O–H groups in total. The standard InChI is InChI=1S/C29H34N4O4S/c1-8-32(9-2)28(35)25-18(3)30-29-33(26(25)22-17-21(36-6)14-15-23(22)37-7)27(34)24(38-29)16-19-10-12-20(13-11-19)31(4)5/h10-17,26H,8-9H2,1-7H3/b24-16+/t26-/m0/s1. The Morgan fingerprint density at radius 1 is 1.08 bits per heavy atom. The largest absolute Gasteiger partial charge is 0.497 e. The van der Waals surface area contributed by atoms with Crippen molar-refractivity contribution in [3.05, 3.63) is 84.5 Å². The van der Waals surface area contributed by atoms with Crippen LogP contribution >= 0.6 is 11.3 Å². The highest BCUT2D eigenvalue weighted by Gasteiger charge is 2.36. The lowest BCUT2D eigenvalue weighted by atomic mass is 9.93. The maximum absolute atomic E-state index is 14.0. The van der Waals surface area contributed by atoms with Gasteiger partial charge in [-0.1, -0.05) is 23.5 Å². The van der Waals surface area contributed by atoms with Gasteiger partial charge in [0.25, 0.3) is 11.5 Å². The van der Waals surface area contributed by atoms with Gasteiger partial charge in [-0.15, -0.1) is 0 Å². The molecule has 2 heterocycles. The molecule has 1 amide bonds. The van der Waals surface area contributed by atoms with E-state index in [0.29, 0.717) is 50.8 Å². The van der Waals surface area contributed by atoms with Crippen molar-refractivity contribution in [3.63, 3.8) is 0 Å². The highest BCUT2D eigenvalue weighted by Crippen LogP contribution is 2.38. The Balaban J connectivity index is 1.98. The molecule has 3 aromatic rings. The van der Waals surface area contributed by atoms with Gasteiger partial charge < -0.3 is 19.3 Å². The van der Waals surface area contributed by atoms with Gasteiger partial charge in [-0.25, -0.2) is 4.99 Å². The van der Waals surface area contributed by atoms with Gasteiger partial charge in [-0.05, 0) is 62.7 Å². The smallest absolute Gasteiger partial charge is 0.271 e. The van der Waals surface area contributed by atoms with E-state index < -0.39 is 6.04 Å². The second-order valence-electron chi connectivity index (χ2n) is 9.15. The molecule has 9 heteroatoms. The molecule has 2 aromatic carbocycles. The minimum atomic E-state index is -0.720. The molecule has 200 valence electrons. The van der Waals surface area contributed by atoms with E-state index in [1.165, 1.54) is 11.3 Å². The van der Waals surface area contributed by atoms with Gasteiger partial charge in [0.2, 0.25) is 0 Å². The lowest BCUT2D eigenvalue weighted by molar-refractivity contribution is -0.127. The van der Waals surface area contributed by atoms with Crippen LogP contribution in [-0.4, -0.2) is 56.8 Å². The van der Waals surface area contributed by atoms with E-state index in [1.54, 1.807) is 35.8 Å². The molecule has 1 aliphatic heterocycles. The number of benzene rings is 2. The first-order valence-corrected chi connectivity index (χ1v) is 13.4. The molecule has 0 radical (unpaired) electrons. The van der Waals surface area contributed by atoms with Gasteiger partial charge in [0.05, 0.1) is 30.0 Å². The van der Waals surface area contributed by atoms with Crippen molar-refractivity contribution >= 4 is 29.0 Å². The molecule has 1 atom stereocenters. The Labute approximate surface area is 226 Å². The van der Waals surface area contributed by atoms with Crippen molar-refractivity contribution in [1.82, 2.24) is 9.47 Å². The zero-order valence-corrected chi connectivity index (χ0v) is 23.8. The number of fused-ring (bicyclic) bond motifs is 1. The number of anilines is 1. The first-order valence-electron chi connectivity index (χ1n) is 12.5. The van der Waals surface area contributed by atoms with Crippen molar-refractivity contribution in [2.75, 3.05) is 46.3 Å². The zero-order chi connectivity index (χ0) is 27.6. The second-order valence-corrected chi connectivity index (χ2v) is 10.2. The maximum Gasteiger partial charge on any atom is 0.271 e. The Bertz CT molecular complexity index is 1550. The van der Waals surface area contributed by atoms with Crippen LogP contribution in [-0.2, 0) is 4.79 Å². The van der Waals surface area contributed by atoms with Gasteiger partial charge in [0.15, 0.2) is 4.80 Å². The monoisotopic (exact) mass is 534 g/mol. The van der Waals surface area contributed by atoms with Crippen LogP contribution in [0, 0.1) is 0 Å². The van der Waals surface area contributed by atoms with Crippen LogP contribution in [0.4, 0.5) is 5.69 Å². The first-order chi connectivity index (χ1) is 18.2. The van der Waals surface area contributed by atoms with Crippen LogP contribution in [0.2, 0.25) is 0 Å². The van der Waals surface area contributed by atoms with Crippen molar-refractivity contribution in [2.24, 2.45) is 4.99 Å². The molecular weight excluding hydrogens is 500 g/mol. The normalized spacial score (nSPS) is 15.1. The summed E-state index contributed by atoms with van der Waals surface area (Å²) in [6.07, 6.45) is 1.87. The van der Waals surface area contributed by atoms with Crippen molar-refractivity contribution in [2.45, 2.75) is 26.8 Å². The van der Waals surface area contributed by atoms with Crippen molar-refractivity contribution in [3.8, 4) is 11.5 Å². The summed E-state index contributed by atoms with van der Waals surface area (Å²) in [5, 5.41) is 0. The number of rotatable bonds is 8. The number of allylic oxidation sites excluding steroid dienone is 1. The number of carbonyl (C=O) groups excluding carboxylic acids is 1. The number of nitrogens with zero attached hydrogens (tertiary/aromatic N) is 4. The minimum absolute atomic E-state index is 0.153. The highest BCUT2D eigenvalue weighted by atomic mass is 32.1. The van der Waals surface area contributed by atoms with E-state index in [-0.39, 0.29) is 11.5 Å². The molecule has 0 aliphatic carbocycles. The first kappa shape index (κ1) is 27.2. The van der Waals surface area contributed by atoms with Crippen LogP contribution in [0.15, 0.2) is 63.5 Å². The van der Waals surface area contributed by atoms with Gasteiger partial charge in [0, 0.05) is 38.4 Å². The van der Waals surface area contributed by atoms with Crippen LogP contribution in [0.3, 0.4) is 0 Å². The molecule has 0 unspecified atom stereocenters. The summed E-state index contributed by atoms with van der Waals surface area (Å²) in [4.78, 5) is 36.9. The SMILES string of the molecule is CCN(CC)C(=O)C1=C(C)N=c2s/c(=C/c3ccc(N(C)C)cc3)c(=O)n2[C@H]1c1cc(OC)ccc1OC. The molecule has 0 spiro atoms. The van der Waals surface area contributed by atoms with Gasteiger partial charge in [-0.2, -0.15) is 0 Å². The lowest BCUT2D eigenvalue weighted by Crippen LogP contribution is -2.43. The third-order valence-corrected chi connectivity index (χ3v) is 7.72. The van der Waals surface area contributed by atoms with E-state index in [9.17, 15) is 9.59 Å². The number of aromatic nitrogens is 1. The second kappa shape index (κ2) is 11.3. The molecule has 0 saturated heterocycles. The van der Waals surface area contributed by atoms with Crippen LogP contribution < -0.4 is 29.3 Å². The summed E-state index contributed by atoms with van der Waals surface area (Å²) in [6.45, 7) is 6.79. The van der Waals surface area contributed by atoms with E-state index in [1.807, 2.05) is 76.2 Å². The molecule has 38 heavy (non-hydrogen) atoms. The van der Waals surface area contributed by atoms with Gasteiger partial charge >= 0.3 is 0 Å². The number of hydrogen-bond acceptors (Lipinski definition) is 7. The number of methoxy groups -OCH3 is 2. The minimum Gasteiger partial charge on any atom is -0.497 e. The molecule has 8 nitrogen and oxygen atoms in total. The Morgan fingerprint density at radius 3 is 2.34 bits per heavy atom. The Kier molecular flexibility index (Phi) is 8.06. The molecule has 1 aromatic heterocycles. The molecule has 0 saturated carbocycles. The molecule has 0 bridgehead atoms. The van der Waals surface area contributed by atoms with Crippen molar-refractivity contribution in [1.29, 1.82) is 0 Å². The summed E-state index contributed by atoms with van der Waals surface area (Å²) in [5.74, 6) is 1.01. The van der Waals surface area contributed by atoms with Gasteiger partial charge in [-0.3, -0.25) is 14.2 Å². The van der Waals surface area contributed by atoms with Gasteiger partial charge in [0.1, 0.15) is 17.5 Å². The van der Waals surface area contributed by atoms with Crippen molar-refractivity contribution < 1.29 is 14.3 Å². The number of ether oxygens (including phenoxy) is 2. The summed E-state index contributed by atoms with van der Waals surface area (Å²) < 4.78 is 13.4. The predicted molar refractivity (Wildman–Crippen MR) is 152 cm³/mol. The molecule has 1 aliphatic rings. The summed E-state index contributed by atoms with van der Waals surface area (Å²) in [6, 6.07) is 12.7. The van der Waals surface area contributed by atoms with E-state index >= 15 is 0 Å². The average molecular weight is 535 g/mol. The van der Waals surface area contributed by atoms with E-state index in [4.69, 9.17) is 14.5 Å². The molecule has 0 fully saturated rings. The summed E-state index contributed by atoms with van der Waals surface area (Å²) in [5.41, 5.74) is 3.47. The lowest BCUT2D eigenvalue weighted by Gasteiger charge is -2.30. The Hall–Kier alpha value is -3.85. The fourth-order valence-electron chi connectivity index (χ4n) is 4.64. The number of carbonyl (C=O) groups is 1. The van der Waals surface area contributed by atoms with E-state index in [0.717, 1.165) is 11.3 Å². The quantitative estimate of drug-likeness (QED) is 0.444. The van der Waals surface area contributed by atoms with Crippen LogP contribution in [0.1, 0.15) is 37.9 Å². The average Bonchev–Trinajstić information content (AvgIpc) is 3.22. The number of amides is 1. The third kappa shape index (κ3) is 4.98. The number of thiazole rings is 1. The fourth-order valence-corrected chi connectivity index (χ4v) is 5.69. The molecular formula is C29H34N4O4S. The summed E-state index contributed by atoms with van der Waals surface area (Å²) >= 11 is 1.31.